The minimum atomic E-state index is -4.31. The van der Waals surface area contributed by atoms with Gasteiger partial charge in [0.25, 0.3) is 0 Å². The van der Waals surface area contributed by atoms with Crippen LogP contribution in [-0.4, -0.2) is 14.6 Å². The van der Waals surface area contributed by atoms with Gasteiger partial charge in [0.2, 0.25) is 0 Å². The Labute approximate surface area is 451 Å². The molecule has 0 saturated carbocycles. The summed E-state index contributed by atoms with van der Waals surface area (Å²) < 4.78 is 39.4. The Morgan fingerprint density at radius 1 is 0.315 bits per heavy atom. The molecule has 0 bridgehead atoms. The molecule has 0 radical (unpaired) electrons. The predicted molar refractivity (Wildman–Crippen MR) is 325 cm³/mol. The molecule has 0 aliphatic carbocycles. The Hall–Kier alpha value is -2.78. The van der Waals surface area contributed by atoms with Gasteiger partial charge in [-0.25, -0.2) is 0 Å². The first-order valence-electron chi connectivity index (χ1n) is 31.2. The molecule has 73 heavy (non-hydrogen) atoms. The van der Waals surface area contributed by atoms with E-state index < -0.39 is 16.9 Å². The van der Waals surface area contributed by atoms with Crippen molar-refractivity contribution < 1.29 is 12.4 Å². The maximum atomic E-state index is 16.0. The van der Waals surface area contributed by atoms with E-state index >= 15 is 8.42 Å². The Bertz CT molecular complexity index is 1970. The zero-order chi connectivity index (χ0) is 52.0. The van der Waals surface area contributed by atoms with Crippen LogP contribution in [0, 0.1) is 0 Å². The third-order valence-corrected chi connectivity index (χ3v) is 24.8. The summed E-state index contributed by atoms with van der Waals surface area (Å²) in [6.45, 7) is 4.91. The molecule has 0 unspecified atom stereocenters. The zero-order valence-electron chi connectivity index (χ0n) is 47.7. The van der Waals surface area contributed by atoms with Gasteiger partial charge in [0, 0.05) is 0 Å². The predicted octanol–water partition coefficient (Wildman–Crippen LogP) is 20.6. The molecule has 410 valence electrons. The van der Waals surface area contributed by atoms with Gasteiger partial charge in [0.05, 0.1) is 0 Å². The fourth-order valence-electron chi connectivity index (χ4n) is 11.9. The number of rotatable bonds is 46. The van der Waals surface area contributed by atoms with Crippen LogP contribution in [0.3, 0.4) is 0 Å². The maximum absolute atomic E-state index is 16.0. The van der Waals surface area contributed by atoms with Gasteiger partial charge in [0.1, 0.15) is 0 Å². The number of hydrogen-bond acceptors (Lipinski definition) is 3. The summed E-state index contributed by atoms with van der Waals surface area (Å²) >= 11 is 0. The molecule has 5 heteroatoms. The standard InChI is InChI=1S/C68H109O3PS/c1-5-9-12-15-18-21-24-27-30-33-36-42-51-62-60-61-68(73(69,70)71-72(8-4,63-52-43-39-44-53-63,64-54-45-40-46-55-64)65-56-47-41-48-57-65)67(59-50-38-35-32-29-26-23-20-17-14-11-7-3)66(62)58-49-37-34-31-28-25-22-19-16-13-10-6-2/h39-41,43-48,52-57,60-61H,5-38,42,49-51,58-59H2,1-4H3. The van der Waals surface area contributed by atoms with Crippen molar-refractivity contribution >= 4 is 32.9 Å². The first-order valence-corrected chi connectivity index (χ1v) is 34.9. The van der Waals surface area contributed by atoms with E-state index in [0.29, 0.717) is 11.1 Å². The Balaban J connectivity index is 1.65. The van der Waals surface area contributed by atoms with Gasteiger partial charge < -0.3 is 0 Å². The van der Waals surface area contributed by atoms with Crippen LogP contribution < -0.4 is 15.9 Å². The van der Waals surface area contributed by atoms with Gasteiger partial charge in [-0.2, -0.15) is 0 Å². The van der Waals surface area contributed by atoms with Gasteiger partial charge in [-0.1, -0.05) is 136 Å². The topological polar surface area (TPSA) is 43.4 Å². The molecule has 0 amide bonds. The molecule has 4 rings (SSSR count). The summed E-state index contributed by atoms with van der Waals surface area (Å²) in [4.78, 5) is 0.410. The van der Waals surface area contributed by atoms with Crippen molar-refractivity contribution in [2.75, 3.05) is 6.16 Å². The second-order valence-corrected chi connectivity index (χ2v) is 28.7. The van der Waals surface area contributed by atoms with Crippen molar-refractivity contribution in [2.45, 2.75) is 283 Å². The number of hydrogen-bond donors (Lipinski definition) is 0. The first kappa shape index (κ1) is 62.8. The van der Waals surface area contributed by atoms with Crippen LogP contribution in [0.25, 0.3) is 0 Å². The van der Waals surface area contributed by atoms with Gasteiger partial charge in [-0.15, -0.1) is 0 Å². The summed E-state index contributed by atoms with van der Waals surface area (Å²) in [6.07, 6.45) is 50.5. The van der Waals surface area contributed by atoms with Crippen molar-refractivity contribution in [3.8, 4) is 0 Å². The van der Waals surface area contributed by atoms with E-state index in [4.69, 9.17) is 3.97 Å². The monoisotopic (exact) mass is 1040 g/mol. The molecule has 4 aromatic rings. The van der Waals surface area contributed by atoms with Crippen LogP contribution in [0.5, 0.6) is 0 Å². The van der Waals surface area contributed by atoms with Crippen molar-refractivity contribution in [1.29, 1.82) is 0 Å². The summed E-state index contributed by atoms with van der Waals surface area (Å²) in [7, 11) is -4.31. The minimum absolute atomic E-state index is 0.410. The van der Waals surface area contributed by atoms with Crippen LogP contribution in [0.4, 0.5) is 0 Å². The smallest absolute Gasteiger partial charge is 0.0654 e. The average molecular weight is 1040 g/mol. The molecule has 0 aromatic heterocycles. The van der Waals surface area contributed by atoms with Crippen molar-refractivity contribution in [2.24, 2.45) is 0 Å². The number of benzene rings is 4. The Kier molecular flexibility index (Phi) is 32.6. The van der Waals surface area contributed by atoms with E-state index in [0.717, 1.165) is 66.4 Å². The van der Waals surface area contributed by atoms with Crippen LogP contribution in [0.1, 0.15) is 276 Å². The van der Waals surface area contributed by atoms with Gasteiger partial charge >= 0.3 is 318 Å². The van der Waals surface area contributed by atoms with Gasteiger partial charge in [0.15, 0.2) is 0 Å². The molecular weight excluding hydrogens is 928 g/mol. The van der Waals surface area contributed by atoms with E-state index in [1.54, 1.807) is 0 Å². The first-order chi connectivity index (χ1) is 35.9. The molecule has 0 saturated heterocycles. The molecule has 3 nitrogen and oxygen atoms in total. The quantitative estimate of drug-likeness (QED) is 0.0327. The van der Waals surface area contributed by atoms with Crippen molar-refractivity contribution in [3.05, 3.63) is 120 Å². The summed E-state index contributed by atoms with van der Waals surface area (Å²) in [6, 6.07) is 35.2. The Morgan fingerprint density at radius 2 is 0.589 bits per heavy atom. The van der Waals surface area contributed by atoms with E-state index in [1.165, 1.54) is 217 Å². The molecule has 0 aliphatic heterocycles. The van der Waals surface area contributed by atoms with E-state index in [-0.39, 0.29) is 0 Å². The molecule has 0 fully saturated rings. The Morgan fingerprint density at radius 3 is 0.890 bits per heavy atom. The fraction of sp³-hybridized carbons (Fsp3) is 0.647. The van der Waals surface area contributed by atoms with Crippen LogP contribution >= 0.6 is 6.83 Å². The summed E-state index contributed by atoms with van der Waals surface area (Å²) in [5, 5.41) is 2.83. The molecule has 0 aliphatic rings. The van der Waals surface area contributed by atoms with Crippen LogP contribution in [0.2, 0.25) is 0 Å². The van der Waals surface area contributed by atoms with Crippen LogP contribution in [-0.2, 0) is 33.4 Å². The molecular formula is C68H109O3PS. The SMILES string of the molecule is CCCCCCCCCCCCCCc1ccc(S(=O)(=O)OP(CC)(c2ccccc2)(c2ccccc2)c2ccccc2)c(CCCCCCCCCCCCCC)c1CCCCCCCCCCCCCC. The van der Waals surface area contributed by atoms with Crippen molar-refractivity contribution in [1.82, 2.24) is 0 Å². The summed E-state index contributed by atoms with van der Waals surface area (Å²) in [5.74, 6) is 0. The van der Waals surface area contributed by atoms with Crippen LogP contribution in [0.15, 0.2) is 108 Å². The molecule has 4 aromatic carbocycles. The average Bonchev–Trinajstić information content (AvgIpc) is 3.42. The van der Waals surface area contributed by atoms with Gasteiger partial charge in [-0.3, -0.25) is 0 Å². The van der Waals surface area contributed by atoms with E-state index in [2.05, 4.69) is 70.2 Å². The summed E-state index contributed by atoms with van der Waals surface area (Å²) in [5.41, 5.74) is 3.75. The number of aryl methyl sites for hydroxylation is 1. The third kappa shape index (κ3) is 21.3. The fourth-order valence-corrected chi connectivity index (χ4v) is 20.5. The second kappa shape index (κ2) is 37.9. The number of unbranched alkanes of at least 4 members (excludes halogenated alkanes) is 33. The molecule has 0 atom stereocenters. The van der Waals surface area contributed by atoms with Crippen molar-refractivity contribution in [3.63, 3.8) is 0 Å². The third-order valence-electron chi connectivity index (χ3n) is 16.4. The van der Waals surface area contributed by atoms with Gasteiger partial charge in [-0.05, 0) is 0 Å². The zero-order valence-corrected chi connectivity index (χ0v) is 49.4. The molecule has 0 N–H and O–H groups in total. The van der Waals surface area contributed by atoms with E-state index in [9.17, 15) is 0 Å². The molecule has 0 spiro atoms. The van der Waals surface area contributed by atoms with E-state index in [1.807, 2.05) is 60.7 Å². The molecule has 0 heterocycles. The second-order valence-electron chi connectivity index (χ2n) is 22.2. The minimum Gasteiger partial charge on any atom is -0.0654 e. The normalized spacial score (nSPS) is 12.6.